The van der Waals surface area contributed by atoms with E-state index in [0.29, 0.717) is 6.54 Å². The quantitative estimate of drug-likeness (QED) is 0.749. The highest BCUT2D eigenvalue weighted by Gasteiger charge is 2.21. The van der Waals surface area contributed by atoms with Crippen molar-refractivity contribution < 1.29 is 4.79 Å². The zero-order chi connectivity index (χ0) is 15.3. The summed E-state index contributed by atoms with van der Waals surface area (Å²) in [6.45, 7) is 10.4. The first-order valence-corrected chi connectivity index (χ1v) is 7.89. The van der Waals surface area contributed by atoms with Crippen molar-refractivity contribution in [2.75, 3.05) is 0 Å². The average molecular weight is 299 g/mol. The number of amides is 1. The average Bonchev–Trinajstić information content (AvgIpc) is 2.81. The molecule has 0 fully saturated rings. The van der Waals surface area contributed by atoms with E-state index in [1.165, 1.54) is 11.8 Å². The van der Waals surface area contributed by atoms with Gasteiger partial charge in [-0.1, -0.05) is 18.7 Å². The first-order chi connectivity index (χ1) is 9.40. The summed E-state index contributed by atoms with van der Waals surface area (Å²) in [5, 5.41) is 11.7. The minimum atomic E-state index is -0.212. The molecule has 1 aromatic heterocycles. The van der Waals surface area contributed by atoms with Gasteiger partial charge in [0.05, 0.1) is 11.8 Å². The van der Waals surface area contributed by atoms with Gasteiger partial charge in [0.1, 0.15) is 5.82 Å². The minimum absolute atomic E-state index is 0.0250. The molecule has 0 aliphatic heterocycles. The minimum Gasteiger partial charge on any atom is -0.353 e. The molecule has 1 heterocycles. The van der Waals surface area contributed by atoms with Crippen molar-refractivity contribution in [1.82, 2.24) is 20.1 Å². The highest BCUT2D eigenvalue weighted by atomic mass is 32.2. The third-order valence-corrected chi connectivity index (χ3v) is 4.14. The third-order valence-electron chi connectivity index (χ3n) is 3.09. The molecule has 1 aromatic rings. The Bertz CT molecular complexity index is 446. The van der Waals surface area contributed by atoms with Gasteiger partial charge in [-0.2, -0.15) is 0 Å². The number of hydrogen-bond donors (Lipinski definition) is 2. The van der Waals surface area contributed by atoms with Crippen LogP contribution in [-0.2, 0) is 11.3 Å². The lowest BCUT2D eigenvalue weighted by Crippen LogP contribution is -2.37. The molecule has 0 radical (unpaired) electrons. The fraction of sp³-hybridized carbons (Fsp3) is 0.769. The largest absolute Gasteiger partial charge is 0.353 e. The molecular weight excluding hydrogens is 274 g/mol. The molecule has 114 valence electrons. The van der Waals surface area contributed by atoms with Gasteiger partial charge in [-0.15, -0.1) is 10.2 Å². The number of nitrogens with one attached hydrogen (secondary N) is 1. The van der Waals surface area contributed by atoms with E-state index in [1.807, 2.05) is 25.3 Å². The SMILES string of the molecule is CCC(C)NC(=O)C(C)Sc1nnc(CN)n1C(C)C. The van der Waals surface area contributed by atoms with Gasteiger partial charge in [0.15, 0.2) is 5.16 Å². The first-order valence-electron chi connectivity index (χ1n) is 7.01. The molecule has 0 spiro atoms. The number of thioether (sulfide) groups is 1. The summed E-state index contributed by atoms with van der Waals surface area (Å²) in [6.07, 6.45) is 0.919. The van der Waals surface area contributed by atoms with Gasteiger partial charge in [0.2, 0.25) is 5.91 Å². The molecule has 2 unspecified atom stereocenters. The predicted octanol–water partition coefficient (Wildman–Crippen LogP) is 1.71. The van der Waals surface area contributed by atoms with Crippen LogP contribution in [0.3, 0.4) is 0 Å². The summed E-state index contributed by atoms with van der Waals surface area (Å²) >= 11 is 1.42. The van der Waals surface area contributed by atoms with E-state index in [9.17, 15) is 4.79 Å². The second-order valence-corrected chi connectivity index (χ2v) is 6.45. The summed E-state index contributed by atoms with van der Waals surface area (Å²) in [4.78, 5) is 12.1. The van der Waals surface area contributed by atoms with Crippen LogP contribution in [0.2, 0.25) is 0 Å². The maximum absolute atomic E-state index is 12.1. The maximum atomic E-state index is 12.1. The van der Waals surface area contributed by atoms with Crippen LogP contribution in [0.5, 0.6) is 0 Å². The highest BCUT2D eigenvalue weighted by molar-refractivity contribution is 8.00. The molecule has 0 saturated carbocycles. The van der Waals surface area contributed by atoms with E-state index >= 15 is 0 Å². The van der Waals surface area contributed by atoms with E-state index in [1.54, 1.807) is 0 Å². The number of carbonyl (C=O) groups is 1. The standard InChI is InChI=1S/C13H25N5OS/c1-6-9(4)15-12(19)10(5)20-13-17-16-11(7-14)18(13)8(2)3/h8-10H,6-7,14H2,1-5H3,(H,15,19). The Hall–Kier alpha value is -1.08. The van der Waals surface area contributed by atoms with Gasteiger partial charge in [0, 0.05) is 12.1 Å². The highest BCUT2D eigenvalue weighted by Crippen LogP contribution is 2.25. The Morgan fingerprint density at radius 2 is 2.00 bits per heavy atom. The number of hydrogen-bond acceptors (Lipinski definition) is 5. The Morgan fingerprint density at radius 1 is 1.35 bits per heavy atom. The van der Waals surface area contributed by atoms with Gasteiger partial charge < -0.3 is 15.6 Å². The summed E-state index contributed by atoms with van der Waals surface area (Å²) < 4.78 is 1.98. The second-order valence-electron chi connectivity index (χ2n) is 5.14. The van der Waals surface area contributed by atoms with Gasteiger partial charge in [-0.25, -0.2) is 0 Å². The van der Waals surface area contributed by atoms with Crippen molar-refractivity contribution >= 4 is 17.7 Å². The maximum Gasteiger partial charge on any atom is 0.233 e. The van der Waals surface area contributed by atoms with Crippen LogP contribution < -0.4 is 11.1 Å². The molecule has 0 saturated heterocycles. The van der Waals surface area contributed by atoms with Gasteiger partial charge >= 0.3 is 0 Å². The fourth-order valence-electron chi connectivity index (χ4n) is 1.72. The monoisotopic (exact) mass is 299 g/mol. The Morgan fingerprint density at radius 3 is 2.50 bits per heavy atom. The summed E-state index contributed by atoms with van der Waals surface area (Å²) in [5.41, 5.74) is 5.66. The Balaban J connectivity index is 2.78. The molecule has 7 heteroatoms. The van der Waals surface area contributed by atoms with E-state index in [0.717, 1.165) is 17.4 Å². The molecule has 2 atom stereocenters. The Kier molecular flexibility index (Phi) is 6.48. The topological polar surface area (TPSA) is 85.8 Å². The van der Waals surface area contributed by atoms with Crippen LogP contribution in [0.15, 0.2) is 5.16 Å². The molecule has 0 bridgehead atoms. The Labute approximate surface area is 124 Å². The second kappa shape index (κ2) is 7.64. The van der Waals surface area contributed by atoms with Crippen LogP contribution in [0.4, 0.5) is 0 Å². The van der Waals surface area contributed by atoms with Crippen molar-refractivity contribution in [3.63, 3.8) is 0 Å². The smallest absolute Gasteiger partial charge is 0.233 e. The summed E-state index contributed by atoms with van der Waals surface area (Å²) in [5.74, 6) is 0.772. The van der Waals surface area contributed by atoms with E-state index in [4.69, 9.17) is 5.73 Å². The number of nitrogens with zero attached hydrogens (tertiary/aromatic N) is 3. The third kappa shape index (κ3) is 4.21. The molecule has 1 rings (SSSR count). The molecule has 0 aliphatic rings. The van der Waals surface area contributed by atoms with Crippen LogP contribution in [0.1, 0.15) is 52.9 Å². The number of aromatic nitrogens is 3. The first kappa shape index (κ1) is 17.0. The van der Waals surface area contributed by atoms with Crippen LogP contribution in [0, 0.1) is 0 Å². The van der Waals surface area contributed by atoms with Crippen LogP contribution in [-0.4, -0.2) is 32.0 Å². The van der Waals surface area contributed by atoms with Crippen molar-refractivity contribution in [3.8, 4) is 0 Å². The molecular formula is C13H25N5OS. The zero-order valence-electron chi connectivity index (χ0n) is 12.9. The number of rotatable bonds is 7. The molecule has 3 N–H and O–H groups in total. The van der Waals surface area contributed by atoms with E-state index in [2.05, 4.69) is 29.4 Å². The molecule has 0 aromatic carbocycles. The normalized spacial score (nSPS) is 14.3. The molecule has 1 amide bonds. The number of carbonyl (C=O) groups excluding carboxylic acids is 1. The fourth-order valence-corrected chi connectivity index (χ4v) is 2.73. The van der Waals surface area contributed by atoms with Crippen molar-refractivity contribution in [1.29, 1.82) is 0 Å². The van der Waals surface area contributed by atoms with E-state index < -0.39 is 0 Å². The lowest BCUT2D eigenvalue weighted by molar-refractivity contribution is -0.120. The van der Waals surface area contributed by atoms with E-state index in [-0.39, 0.29) is 23.2 Å². The molecule has 0 aliphatic carbocycles. The van der Waals surface area contributed by atoms with Gasteiger partial charge in [0.25, 0.3) is 0 Å². The van der Waals surface area contributed by atoms with Crippen LogP contribution in [0.25, 0.3) is 0 Å². The van der Waals surface area contributed by atoms with Crippen LogP contribution >= 0.6 is 11.8 Å². The van der Waals surface area contributed by atoms with Gasteiger partial charge in [-0.3, -0.25) is 4.79 Å². The lowest BCUT2D eigenvalue weighted by atomic mass is 10.2. The molecule has 20 heavy (non-hydrogen) atoms. The zero-order valence-corrected chi connectivity index (χ0v) is 13.7. The number of nitrogens with two attached hydrogens (primary N) is 1. The molecule has 6 nitrogen and oxygen atoms in total. The summed E-state index contributed by atoms with van der Waals surface area (Å²) in [7, 11) is 0. The van der Waals surface area contributed by atoms with Crippen molar-refractivity contribution in [2.24, 2.45) is 5.73 Å². The van der Waals surface area contributed by atoms with Crippen molar-refractivity contribution in [3.05, 3.63) is 5.82 Å². The lowest BCUT2D eigenvalue weighted by Gasteiger charge is -2.17. The summed E-state index contributed by atoms with van der Waals surface area (Å²) in [6, 6.07) is 0.406. The van der Waals surface area contributed by atoms with Crippen molar-refractivity contribution in [2.45, 2.75) is 70.1 Å². The van der Waals surface area contributed by atoms with Gasteiger partial charge in [-0.05, 0) is 34.1 Å². The predicted molar refractivity (Wildman–Crippen MR) is 81.5 cm³/mol.